The van der Waals surface area contributed by atoms with Gasteiger partial charge in [-0.25, -0.2) is 4.39 Å². The van der Waals surface area contributed by atoms with Gasteiger partial charge in [-0.2, -0.15) is 11.3 Å². The molecule has 1 aromatic heterocycles. The zero-order valence-electron chi connectivity index (χ0n) is 8.92. The van der Waals surface area contributed by atoms with E-state index in [2.05, 4.69) is 5.32 Å². The largest absolute Gasteiger partial charge is 0.321 e. The Morgan fingerprint density at radius 2 is 2.17 bits per heavy atom. The van der Waals surface area contributed by atoms with E-state index >= 15 is 0 Å². The summed E-state index contributed by atoms with van der Waals surface area (Å²) in [5.74, 6) is -1.41. The third-order valence-electron chi connectivity index (χ3n) is 2.18. The van der Waals surface area contributed by atoms with Gasteiger partial charge in [-0.1, -0.05) is 0 Å². The van der Waals surface area contributed by atoms with Crippen LogP contribution in [0, 0.1) is 15.9 Å². The molecular weight excluding hydrogens is 259 g/mol. The summed E-state index contributed by atoms with van der Waals surface area (Å²) in [6, 6.07) is 4.41. The van der Waals surface area contributed by atoms with Gasteiger partial charge in [-0.3, -0.25) is 14.9 Å². The predicted molar refractivity (Wildman–Crippen MR) is 65.3 cm³/mol. The second kappa shape index (κ2) is 4.92. The van der Waals surface area contributed by atoms with Gasteiger partial charge in [0, 0.05) is 11.4 Å². The number of nitro groups is 1. The smallest absolute Gasteiger partial charge is 0.282 e. The minimum absolute atomic E-state index is 0.300. The Morgan fingerprint density at radius 1 is 1.39 bits per heavy atom. The lowest BCUT2D eigenvalue weighted by Gasteiger charge is -2.03. The number of halogens is 1. The maximum Gasteiger partial charge on any atom is 0.282 e. The van der Waals surface area contributed by atoms with E-state index in [0.29, 0.717) is 5.69 Å². The molecule has 2 rings (SSSR count). The second-order valence-corrected chi connectivity index (χ2v) is 4.16. The Morgan fingerprint density at radius 3 is 2.78 bits per heavy atom. The standard InChI is InChI=1S/C11H7FN2O3S/c12-7-1-2-10(14(16)17)9(5-7)11(15)13-8-3-4-18-6-8/h1-6H,(H,13,15). The molecule has 0 aliphatic carbocycles. The molecule has 0 saturated heterocycles. The number of nitro benzene ring substituents is 1. The number of benzene rings is 1. The van der Waals surface area contributed by atoms with Gasteiger partial charge in [-0.15, -0.1) is 0 Å². The Balaban J connectivity index is 2.34. The van der Waals surface area contributed by atoms with Crippen molar-refractivity contribution in [3.8, 4) is 0 Å². The van der Waals surface area contributed by atoms with Crippen molar-refractivity contribution < 1.29 is 14.1 Å². The molecule has 1 N–H and O–H groups in total. The third kappa shape index (κ3) is 2.51. The molecule has 0 saturated carbocycles. The van der Waals surface area contributed by atoms with E-state index in [9.17, 15) is 19.3 Å². The van der Waals surface area contributed by atoms with Crippen LogP contribution in [0.5, 0.6) is 0 Å². The summed E-state index contributed by atoms with van der Waals surface area (Å²) >= 11 is 1.37. The van der Waals surface area contributed by atoms with Crippen LogP contribution in [-0.4, -0.2) is 10.8 Å². The van der Waals surface area contributed by atoms with Crippen LogP contribution in [0.4, 0.5) is 15.8 Å². The molecule has 1 amide bonds. The fourth-order valence-electron chi connectivity index (χ4n) is 1.38. The minimum atomic E-state index is -0.720. The average Bonchev–Trinajstić information content (AvgIpc) is 2.81. The van der Waals surface area contributed by atoms with Crippen molar-refractivity contribution in [1.82, 2.24) is 0 Å². The number of amides is 1. The van der Waals surface area contributed by atoms with Gasteiger partial charge in [-0.05, 0) is 23.6 Å². The summed E-state index contributed by atoms with van der Waals surface area (Å²) in [6.07, 6.45) is 0. The highest BCUT2D eigenvalue weighted by Gasteiger charge is 2.20. The number of rotatable bonds is 3. The fourth-order valence-corrected chi connectivity index (χ4v) is 1.97. The Labute approximate surface area is 105 Å². The molecule has 0 atom stereocenters. The molecule has 0 aliphatic rings. The Bertz CT molecular complexity index is 598. The Hall–Kier alpha value is -2.28. The van der Waals surface area contributed by atoms with Gasteiger partial charge in [0.2, 0.25) is 0 Å². The van der Waals surface area contributed by atoms with Crippen LogP contribution in [0.3, 0.4) is 0 Å². The van der Waals surface area contributed by atoms with Crippen LogP contribution in [0.2, 0.25) is 0 Å². The van der Waals surface area contributed by atoms with Gasteiger partial charge in [0.15, 0.2) is 0 Å². The molecule has 1 aromatic carbocycles. The first-order chi connectivity index (χ1) is 8.58. The highest BCUT2D eigenvalue weighted by Crippen LogP contribution is 2.21. The topological polar surface area (TPSA) is 72.2 Å². The first kappa shape index (κ1) is 12.2. The lowest BCUT2D eigenvalue weighted by atomic mass is 10.1. The zero-order valence-corrected chi connectivity index (χ0v) is 9.74. The van der Waals surface area contributed by atoms with E-state index in [1.165, 1.54) is 11.3 Å². The molecule has 0 aliphatic heterocycles. The number of carbonyl (C=O) groups excluding carboxylic acids is 1. The number of thiophene rings is 1. The van der Waals surface area contributed by atoms with Crippen LogP contribution >= 0.6 is 11.3 Å². The number of nitrogens with one attached hydrogen (secondary N) is 1. The molecule has 0 spiro atoms. The zero-order chi connectivity index (χ0) is 13.1. The minimum Gasteiger partial charge on any atom is -0.321 e. The van der Waals surface area contributed by atoms with Crippen molar-refractivity contribution in [2.75, 3.05) is 5.32 Å². The molecule has 0 radical (unpaired) electrons. The normalized spacial score (nSPS) is 10.1. The molecule has 1 heterocycles. The lowest BCUT2D eigenvalue weighted by molar-refractivity contribution is -0.385. The van der Waals surface area contributed by atoms with Crippen LogP contribution < -0.4 is 5.32 Å². The number of hydrogen-bond donors (Lipinski definition) is 1. The van der Waals surface area contributed by atoms with E-state index in [-0.39, 0.29) is 5.56 Å². The summed E-state index contributed by atoms with van der Waals surface area (Å²) in [4.78, 5) is 21.8. The highest BCUT2D eigenvalue weighted by molar-refractivity contribution is 7.08. The molecule has 0 unspecified atom stereocenters. The second-order valence-electron chi connectivity index (χ2n) is 3.38. The summed E-state index contributed by atoms with van der Waals surface area (Å²) in [7, 11) is 0. The monoisotopic (exact) mass is 266 g/mol. The fraction of sp³-hybridized carbons (Fsp3) is 0. The SMILES string of the molecule is O=C(Nc1ccsc1)c1cc(F)ccc1[N+](=O)[O-]. The molecule has 92 valence electrons. The molecule has 7 heteroatoms. The molecule has 0 bridgehead atoms. The summed E-state index contributed by atoms with van der Waals surface area (Å²) in [6.45, 7) is 0. The number of nitrogens with zero attached hydrogens (tertiary/aromatic N) is 1. The van der Waals surface area contributed by atoms with Crippen molar-refractivity contribution in [3.05, 3.63) is 56.5 Å². The third-order valence-corrected chi connectivity index (χ3v) is 2.86. The number of anilines is 1. The van der Waals surface area contributed by atoms with E-state index in [1.807, 2.05) is 0 Å². The molecule has 18 heavy (non-hydrogen) atoms. The van der Waals surface area contributed by atoms with Gasteiger partial charge in [0.05, 0.1) is 10.6 Å². The van der Waals surface area contributed by atoms with Crippen molar-refractivity contribution in [1.29, 1.82) is 0 Å². The number of carbonyl (C=O) groups is 1. The average molecular weight is 266 g/mol. The van der Waals surface area contributed by atoms with Gasteiger partial charge in [0.1, 0.15) is 11.4 Å². The van der Waals surface area contributed by atoms with Gasteiger partial charge >= 0.3 is 0 Å². The van der Waals surface area contributed by atoms with E-state index < -0.39 is 22.3 Å². The summed E-state index contributed by atoms with van der Waals surface area (Å²) in [5.41, 5.74) is -0.209. The number of hydrogen-bond acceptors (Lipinski definition) is 4. The van der Waals surface area contributed by atoms with Crippen LogP contribution in [0.15, 0.2) is 35.0 Å². The lowest BCUT2D eigenvalue weighted by Crippen LogP contribution is -2.13. The molecular formula is C11H7FN2O3S. The van der Waals surface area contributed by atoms with Crippen LogP contribution in [0.25, 0.3) is 0 Å². The van der Waals surface area contributed by atoms with Crippen LogP contribution in [-0.2, 0) is 0 Å². The Kier molecular flexibility index (Phi) is 3.33. The van der Waals surface area contributed by atoms with E-state index in [1.54, 1.807) is 16.8 Å². The molecule has 0 fully saturated rings. The van der Waals surface area contributed by atoms with Crippen molar-refractivity contribution in [2.45, 2.75) is 0 Å². The maximum atomic E-state index is 13.0. The quantitative estimate of drug-likeness (QED) is 0.685. The molecule has 2 aromatic rings. The van der Waals surface area contributed by atoms with Crippen molar-refractivity contribution >= 4 is 28.6 Å². The van der Waals surface area contributed by atoms with Crippen molar-refractivity contribution in [2.24, 2.45) is 0 Å². The van der Waals surface area contributed by atoms with Crippen molar-refractivity contribution in [3.63, 3.8) is 0 Å². The highest BCUT2D eigenvalue weighted by atomic mass is 32.1. The van der Waals surface area contributed by atoms with Gasteiger partial charge in [0.25, 0.3) is 11.6 Å². The van der Waals surface area contributed by atoms with E-state index in [4.69, 9.17) is 0 Å². The van der Waals surface area contributed by atoms with Crippen LogP contribution in [0.1, 0.15) is 10.4 Å². The van der Waals surface area contributed by atoms with E-state index in [0.717, 1.165) is 18.2 Å². The summed E-state index contributed by atoms with van der Waals surface area (Å²) < 4.78 is 13.0. The van der Waals surface area contributed by atoms with Gasteiger partial charge < -0.3 is 5.32 Å². The first-order valence-electron chi connectivity index (χ1n) is 4.85. The first-order valence-corrected chi connectivity index (χ1v) is 5.79. The summed E-state index contributed by atoms with van der Waals surface area (Å²) in [5, 5.41) is 16.6. The maximum absolute atomic E-state index is 13.0. The predicted octanol–water partition coefficient (Wildman–Crippen LogP) is 3.05. The molecule has 5 nitrogen and oxygen atoms in total.